The predicted octanol–water partition coefficient (Wildman–Crippen LogP) is 2.85. The van der Waals surface area contributed by atoms with Crippen molar-refractivity contribution in [2.75, 3.05) is 7.11 Å². The van der Waals surface area contributed by atoms with E-state index in [2.05, 4.69) is 9.97 Å². The molecule has 2 heterocycles. The van der Waals surface area contributed by atoms with E-state index in [1.807, 2.05) is 18.2 Å². The molecule has 0 saturated carbocycles. The van der Waals surface area contributed by atoms with Crippen molar-refractivity contribution in [2.24, 2.45) is 0 Å². The standard InChI is InChI=1S/C16H10N2O2/c1-20-13-4-2-3-12-15(13)14-10-7-17-6-5-9(10)16(19)11(14)8-18-12/h2-8H,1H3. The first kappa shape index (κ1) is 11.1. The molecule has 20 heavy (non-hydrogen) atoms. The minimum Gasteiger partial charge on any atom is -0.496 e. The van der Waals surface area contributed by atoms with Crippen LogP contribution in [0.4, 0.5) is 0 Å². The number of nitrogens with zero attached hydrogens (tertiary/aromatic N) is 2. The third-order valence-electron chi connectivity index (χ3n) is 3.66. The van der Waals surface area contributed by atoms with Crippen molar-refractivity contribution in [2.45, 2.75) is 0 Å². The highest BCUT2D eigenvalue weighted by atomic mass is 16.5. The van der Waals surface area contributed by atoms with E-state index >= 15 is 0 Å². The van der Waals surface area contributed by atoms with E-state index < -0.39 is 0 Å². The van der Waals surface area contributed by atoms with Gasteiger partial charge in [-0.3, -0.25) is 14.8 Å². The number of ether oxygens (including phenoxy) is 1. The Bertz CT molecular complexity index is 871. The van der Waals surface area contributed by atoms with Gasteiger partial charge in [0, 0.05) is 40.8 Å². The van der Waals surface area contributed by atoms with E-state index in [-0.39, 0.29) is 5.78 Å². The number of fused-ring (bicyclic) bond motifs is 5. The van der Waals surface area contributed by atoms with Crippen LogP contribution in [-0.4, -0.2) is 22.9 Å². The molecule has 0 atom stereocenters. The summed E-state index contributed by atoms with van der Waals surface area (Å²) >= 11 is 0. The Morgan fingerprint density at radius 1 is 1.05 bits per heavy atom. The van der Waals surface area contributed by atoms with Crippen LogP contribution < -0.4 is 4.74 Å². The average molecular weight is 262 g/mol. The number of pyridine rings is 2. The molecule has 0 saturated heterocycles. The molecule has 0 amide bonds. The van der Waals surface area contributed by atoms with E-state index in [1.54, 1.807) is 31.8 Å². The van der Waals surface area contributed by atoms with Crippen molar-refractivity contribution >= 4 is 16.7 Å². The topological polar surface area (TPSA) is 52.1 Å². The van der Waals surface area contributed by atoms with Crippen molar-refractivity contribution < 1.29 is 9.53 Å². The quantitative estimate of drug-likeness (QED) is 0.529. The van der Waals surface area contributed by atoms with Crippen molar-refractivity contribution in [3.05, 3.63) is 54.0 Å². The molecule has 4 heteroatoms. The summed E-state index contributed by atoms with van der Waals surface area (Å²) < 4.78 is 5.43. The van der Waals surface area contributed by atoms with Gasteiger partial charge in [-0.05, 0) is 18.2 Å². The van der Waals surface area contributed by atoms with Gasteiger partial charge < -0.3 is 4.74 Å². The van der Waals surface area contributed by atoms with Crippen LogP contribution >= 0.6 is 0 Å². The first-order valence-corrected chi connectivity index (χ1v) is 6.26. The second kappa shape index (κ2) is 3.87. The lowest BCUT2D eigenvalue weighted by molar-refractivity contribution is 0.104. The molecular formula is C16H10N2O2. The number of ketones is 1. The molecule has 1 aliphatic carbocycles. The summed E-state index contributed by atoms with van der Waals surface area (Å²) in [5.41, 5.74) is 3.83. The van der Waals surface area contributed by atoms with Crippen LogP contribution in [0.15, 0.2) is 42.9 Å². The van der Waals surface area contributed by atoms with Crippen LogP contribution in [-0.2, 0) is 0 Å². The van der Waals surface area contributed by atoms with Gasteiger partial charge in [0.05, 0.1) is 18.0 Å². The maximum Gasteiger partial charge on any atom is 0.195 e. The van der Waals surface area contributed by atoms with E-state index in [1.165, 1.54) is 0 Å². The molecule has 0 bridgehead atoms. The van der Waals surface area contributed by atoms with Gasteiger partial charge in [0.15, 0.2) is 5.78 Å². The lowest BCUT2D eigenvalue weighted by Crippen LogP contribution is -1.96. The summed E-state index contributed by atoms with van der Waals surface area (Å²) in [5.74, 6) is 0.717. The highest BCUT2D eigenvalue weighted by Gasteiger charge is 2.29. The number of carbonyl (C=O) groups is 1. The van der Waals surface area contributed by atoms with Crippen molar-refractivity contribution in [1.82, 2.24) is 9.97 Å². The Labute approximate surface area is 115 Å². The van der Waals surface area contributed by atoms with E-state index in [0.717, 1.165) is 27.8 Å². The molecule has 1 aromatic carbocycles. The largest absolute Gasteiger partial charge is 0.496 e. The third-order valence-corrected chi connectivity index (χ3v) is 3.66. The molecule has 96 valence electrons. The molecule has 4 rings (SSSR count). The summed E-state index contributed by atoms with van der Waals surface area (Å²) in [5, 5.41) is 0.868. The van der Waals surface area contributed by atoms with Gasteiger partial charge in [-0.15, -0.1) is 0 Å². The molecule has 0 unspecified atom stereocenters. The van der Waals surface area contributed by atoms with Crippen molar-refractivity contribution in [3.8, 4) is 16.9 Å². The molecule has 1 aliphatic rings. The maximum atomic E-state index is 12.4. The number of benzene rings is 1. The summed E-state index contributed by atoms with van der Waals surface area (Å²) in [4.78, 5) is 20.9. The summed E-state index contributed by atoms with van der Waals surface area (Å²) in [6.07, 6.45) is 5.00. The summed E-state index contributed by atoms with van der Waals surface area (Å²) in [7, 11) is 1.62. The molecule has 0 fully saturated rings. The minimum atomic E-state index is -0.00212. The first-order chi connectivity index (χ1) is 9.81. The van der Waals surface area contributed by atoms with Gasteiger partial charge in [0.2, 0.25) is 0 Å². The Balaban J connectivity index is 2.22. The van der Waals surface area contributed by atoms with Crippen LogP contribution in [0.3, 0.4) is 0 Å². The SMILES string of the molecule is COc1cccc2ncc3c(c12)-c1cnccc1C3=O. The van der Waals surface area contributed by atoms with Gasteiger partial charge in [0.1, 0.15) is 5.75 Å². The second-order valence-corrected chi connectivity index (χ2v) is 4.65. The lowest BCUT2D eigenvalue weighted by Gasteiger charge is -2.09. The maximum absolute atomic E-state index is 12.4. The number of rotatable bonds is 1. The molecule has 2 aromatic heterocycles. The Morgan fingerprint density at radius 3 is 2.80 bits per heavy atom. The van der Waals surface area contributed by atoms with Crippen LogP contribution in [0.25, 0.3) is 22.0 Å². The zero-order valence-corrected chi connectivity index (χ0v) is 10.8. The zero-order valence-electron chi connectivity index (χ0n) is 10.8. The second-order valence-electron chi connectivity index (χ2n) is 4.65. The Morgan fingerprint density at radius 2 is 1.95 bits per heavy atom. The van der Waals surface area contributed by atoms with Gasteiger partial charge in [-0.2, -0.15) is 0 Å². The van der Waals surface area contributed by atoms with Crippen LogP contribution in [0, 0.1) is 0 Å². The van der Waals surface area contributed by atoms with E-state index in [9.17, 15) is 4.79 Å². The number of hydrogen-bond acceptors (Lipinski definition) is 4. The fourth-order valence-corrected chi connectivity index (χ4v) is 2.77. The van der Waals surface area contributed by atoms with Gasteiger partial charge >= 0.3 is 0 Å². The molecule has 0 aliphatic heterocycles. The molecular weight excluding hydrogens is 252 g/mol. The summed E-state index contributed by atoms with van der Waals surface area (Å²) in [6.45, 7) is 0. The van der Waals surface area contributed by atoms with Crippen LogP contribution in [0.2, 0.25) is 0 Å². The highest BCUT2D eigenvalue weighted by molar-refractivity contribution is 6.25. The van der Waals surface area contributed by atoms with Crippen molar-refractivity contribution in [3.63, 3.8) is 0 Å². The van der Waals surface area contributed by atoms with Crippen molar-refractivity contribution in [1.29, 1.82) is 0 Å². The fourth-order valence-electron chi connectivity index (χ4n) is 2.77. The van der Waals surface area contributed by atoms with E-state index in [4.69, 9.17) is 4.74 Å². The first-order valence-electron chi connectivity index (χ1n) is 6.26. The molecule has 0 radical (unpaired) electrons. The van der Waals surface area contributed by atoms with Gasteiger partial charge in [-0.25, -0.2) is 0 Å². The summed E-state index contributed by atoms with van der Waals surface area (Å²) in [6, 6.07) is 7.43. The molecule has 4 nitrogen and oxygen atoms in total. The lowest BCUT2D eigenvalue weighted by atomic mass is 10.0. The van der Waals surface area contributed by atoms with Gasteiger partial charge in [-0.1, -0.05) is 6.07 Å². The van der Waals surface area contributed by atoms with Gasteiger partial charge in [0.25, 0.3) is 0 Å². The monoisotopic (exact) mass is 262 g/mol. The fraction of sp³-hybridized carbons (Fsp3) is 0.0625. The average Bonchev–Trinajstić information content (AvgIpc) is 2.80. The minimum absolute atomic E-state index is 0.00212. The van der Waals surface area contributed by atoms with E-state index in [0.29, 0.717) is 11.1 Å². The number of hydrogen-bond donors (Lipinski definition) is 0. The Hall–Kier alpha value is -2.75. The Kier molecular flexibility index (Phi) is 2.15. The number of aromatic nitrogens is 2. The highest BCUT2D eigenvalue weighted by Crippen LogP contribution is 2.43. The van der Waals surface area contributed by atoms with Crippen LogP contribution in [0.1, 0.15) is 15.9 Å². The smallest absolute Gasteiger partial charge is 0.195 e. The molecule has 3 aromatic rings. The number of methoxy groups -OCH3 is 1. The normalized spacial score (nSPS) is 12.3. The van der Waals surface area contributed by atoms with Crippen LogP contribution in [0.5, 0.6) is 5.75 Å². The number of carbonyl (C=O) groups excluding carboxylic acids is 1. The predicted molar refractivity (Wildman–Crippen MR) is 75.0 cm³/mol. The zero-order chi connectivity index (χ0) is 13.7. The molecule has 0 spiro atoms. The molecule has 0 N–H and O–H groups in total. The third kappa shape index (κ3) is 1.28.